The van der Waals surface area contributed by atoms with Gasteiger partial charge < -0.3 is 10.0 Å². The molecule has 0 aliphatic heterocycles. The van der Waals surface area contributed by atoms with E-state index in [1.54, 1.807) is 6.20 Å². The second-order valence-electron chi connectivity index (χ2n) is 4.62. The van der Waals surface area contributed by atoms with Gasteiger partial charge in [0, 0.05) is 19.8 Å². The summed E-state index contributed by atoms with van der Waals surface area (Å²) in [7, 11) is 1.95. The minimum absolute atomic E-state index is 0.532. The molecular weight excluding hydrogens is 224 g/mol. The molecule has 1 aliphatic carbocycles. The first kappa shape index (κ1) is 11.7. The van der Waals surface area contributed by atoms with E-state index in [1.165, 1.54) is 0 Å². The Morgan fingerprint density at radius 3 is 2.69 bits per heavy atom. The Balaban J connectivity index is 2.02. The quantitative estimate of drug-likeness (QED) is 0.882. The van der Waals surface area contributed by atoms with Gasteiger partial charge in [0.15, 0.2) is 0 Å². The van der Waals surface area contributed by atoms with Crippen LogP contribution in [0.25, 0.3) is 0 Å². The van der Waals surface area contributed by atoms with E-state index >= 15 is 0 Å². The first-order valence-electron chi connectivity index (χ1n) is 5.64. The van der Waals surface area contributed by atoms with Gasteiger partial charge in [0.25, 0.3) is 0 Å². The molecule has 16 heavy (non-hydrogen) atoms. The van der Waals surface area contributed by atoms with Crippen LogP contribution in [0.5, 0.6) is 0 Å². The van der Waals surface area contributed by atoms with Crippen LogP contribution >= 0.6 is 11.6 Å². The van der Waals surface area contributed by atoms with Gasteiger partial charge >= 0.3 is 0 Å². The monoisotopic (exact) mass is 240 g/mol. The highest BCUT2D eigenvalue weighted by atomic mass is 35.5. The van der Waals surface area contributed by atoms with Crippen molar-refractivity contribution in [2.45, 2.75) is 31.3 Å². The summed E-state index contributed by atoms with van der Waals surface area (Å²) in [5.74, 6) is 0.852. The second-order valence-corrected chi connectivity index (χ2v) is 5.06. The Kier molecular flexibility index (Phi) is 3.36. The maximum absolute atomic E-state index is 10.3. The van der Waals surface area contributed by atoms with E-state index in [1.807, 2.05) is 24.1 Å². The first-order valence-corrected chi connectivity index (χ1v) is 6.02. The normalized spacial score (nSPS) is 18.7. The molecule has 88 valence electrons. The van der Waals surface area contributed by atoms with Crippen molar-refractivity contribution in [3.8, 4) is 0 Å². The lowest BCUT2D eigenvalue weighted by Gasteiger charge is -2.29. The smallest absolute Gasteiger partial charge is 0.128 e. The molecular formula is C12H17ClN2O. The standard InChI is InChI=1S/C12H17ClN2O/c1-15(9-12(16)6-2-3-7-12)11-5-4-10(13)8-14-11/h4-5,8,16H,2-3,6-7,9H2,1H3. The maximum atomic E-state index is 10.3. The highest BCUT2D eigenvalue weighted by Crippen LogP contribution is 2.30. The molecule has 2 rings (SSSR count). The molecule has 0 amide bonds. The number of hydrogen-bond donors (Lipinski definition) is 1. The molecule has 1 fully saturated rings. The number of aromatic nitrogens is 1. The molecule has 0 bridgehead atoms. The van der Waals surface area contributed by atoms with Crippen molar-refractivity contribution in [1.29, 1.82) is 0 Å². The van der Waals surface area contributed by atoms with Crippen LogP contribution in [0.15, 0.2) is 18.3 Å². The van der Waals surface area contributed by atoms with Gasteiger partial charge in [-0.3, -0.25) is 0 Å². The third-order valence-corrected chi connectivity index (χ3v) is 3.39. The second kappa shape index (κ2) is 4.60. The lowest BCUT2D eigenvalue weighted by molar-refractivity contribution is 0.0558. The Bertz CT molecular complexity index is 347. The zero-order chi connectivity index (χ0) is 11.6. The Morgan fingerprint density at radius 1 is 1.44 bits per heavy atom. The largest absolute Gasteiger partial charge is 0.388 e. The number of rotatable bonds is 3. The summed E-state index contributed by atoms with van der Waals surface area (Å²) in [6.45, 7) is 0.641. The van der Waals surface area contributed by atoms with Crippen LogP contribution in [0, 0.1) is 0 Å². The van der Waals surface area contributed by atoms with Crippen molar-refractivity contribution in [1.82, 2.24) is 4.98 Å². The average molecular weight is 241 g/mol. The number of likely N-dealkylation sites (N-methyl/N-ethyl adjacent to an activating group) is 1. The summed E-state index contributed by atoms with van der Waals surface area (Å²) < 4.78 is 0. The first-order chi connectivity index (χ1) is 7.59. The number of halogens is 1. The number of hydrogen-bond acceptors (Lipinski definition) is 3. The van der Waals surface area contributed by atoms with Crippen LogP contribution in [0.4, 0.5) is 5.82 Å². The van der Waals surface area contributed by atoms with Crippen molar-refractivity contribution < 1.29 is 5.11 Å². The third-order valence-electron chi connectivity index (χ3n) is 3.17. The van der Waals surface area contributed by atoms with Crippen molar-refractivity contribution in [3.05, 3.63) is 23.4 Å². The fourth-order valence-corrected chi connectivity index (χ4v) is 2.42. The Labute approximate surface area is 101 Å². The van der Waals surface area contributed by atoms with Crippen molar-refractivity contribution in [2.24, 2.45) is 0 Å². The fraction of sp³-hybridized carbons (Fsp3) is 0.583. The zero-order valence-corrected chi connectivity index (χ0v) is 10.2. The van der Waals surface area contributed by atoms with Gasteiger partial charge in [0.05, 0.1) is 10.6 Å². The summed E-state index contributed by atoms with van der Waals surface area (Å²) in [6, 6.07) is 3.69. The van der Waals surface area contributed by atoms with E-state index in [4.69, 9.17) is 11.6 Å². The molecule has 1 saturated carbocycles. The molecule has 1 aromatic heterocycles. The number of anilines is 1. The summed E-state index contributed by atoms with van der Waals surface area (Å²) in [4.78, 5) is 6.22. The van der Waals surface area contributed by atoms with Gasteiger partial charge in [-0.15, -0.1) is 0 Å². The number of pyridine rings is 1. The molecule has 0 atom stereocenters. The van der Waals surface area contributed by atoms with E-state index in [0.29, 0.717) is 11.6 Å². The average Bonchev–Trinajstić information content (AvgIpc) is 2.65. The van der Waals surface area contributed by atoms with E-state index < -0.39 is 5.60 Å². The van der Waals surface area contributed by atoms with Gasteiger partial charge in [-0.2, -0.15) is 0 Å². The van der Waals surface area contributed by atoms with Crippen LogP contribution in [-0.4, -0.2) is 29.3 Å². The third kappa shape index (κ3) is 2.66. The lowest BCUT2D eigenvalue weighted by Crippen LogP contribution is -2.39. The van der Waals surface area contributed by atoms with Crippen LogP contribution < -0.4 is 4.90 Å². The Morgan fingerprint density at radius 2 is 2.12 bits per heavy atom. The van der Waals surface area contributed by atoms with Crippen molar-refractivity contribution >= 4 is 17.4 Å². The molecule has 1 aromatic rings. The van der Waals surface area contributed by atoms with Crippen LogP contribution in [0.1, 0.15) is 25.7 Å². The van der Waals surface area contributed by atoms with E-state index in [-0.39, 0.29) is 0 Å². The minimum atomic E-state index is -0.532. The predicted octanol–water partition coefficient (Wildman–Crippen LogP) is 2.48. The summed E-state index contributed by atoms with van der Waals surface area (Å²) in [6.07, 6.45) is 5.67. The topological polar surface area (TPSA) is 36.4 Å². The predicted molar refractivity (Wildman–Crippen MR) is 65.9 cm³/mol. The molecule has 1 heterocycles. The molecule has 0 aromatic carbocycles. The van der Waals surface area contributed by atoms with Crippen molar-refractivity contribution in [2.75, 3.05) is 18.5 Å². The zero-order valence-electron chi connectivity index (χ0n) is 9.49. The molecule has 1 aliphatic rings. The molecule has 0 saturated heterocycles. The molecule has 0 radical (unpaired) electrons. The van der Waals surface area contributed by atoms with Gasteiger partial charge in [-0.05, 0) is 25.0 Å². The van der Waals surface area contributed by atoms with Gasteiger partial charge in [-0.25, -0.2) is 4.98 Å². The maximum Gasteiger partial charge on any atom is 0.128 e. The van der Waals surface area contributed by atoms with E-state index in [2.05, 4.69) is 4.98 Å². The van der Waals surface area contributed by atoms with Crippen LogP contribution in [-0.2, 0) is 0 Å². The van der Waals surface area contributed by atoms with Crippen LogP contribution in [0.2, 0.25) is 5.02 Å². The fourth-order valence-electron chi connectivity index (χ4n) is 2.31. The molecule has 0 spiro atoms. The van der Waals surface area contributed by atoms with E-state index in [0.717, 1.165) is 31.5 Å². The van der Waals surface area contributed by atoms with Crippen LogP contribution in [0.3, 0.4) is 0 Å². The highest BCUT2D eigenvalue weighted by molar-refractivity contribution is 6.30. The summed E-state index contributed by atoms with van der Waals surface area (Å²) in [5, 5.41) is 10.9. The SMILES string of the molecule is CN(CC1(O)CCCC1)c1ccc(Cl)cn1. The number of aliphatic hydroxyl groups is 1. The summed E-state index contributed by atoms with van der Waals surface area (Å²) in [5.41, 5.74) is -0.532. The lowest BCUT2D eigenvalue weighted by atomic mass is 10.0. The summed E-state index contributed by atoms with van der Waals surface area (Å²) >= 11 is 5.78. The van der Waals surface area contributed by atoms with Gasteiger partial charge in [0.1, 0.15) is 5.82 Å². The Hall–Kier alpha value is -0.800. The van der Waals surface area contributed by atoms with Gasteiger partial charge in [-0.1, -0.05) is 24.4 Å². The van der Waals surface area contributed by atoms with Gasteiger partial charge in [0.2, 0.25) is 0 Å². The molecule has 3 nitrogen and oxygen atoms in total. The van der Waals surface area contributed by atoms with E-state index in [9.17, 15) is 5.11 Å². The minimum Gasteiger partial charge on any atom is -0.388 e. The highest BCUT2D eigenvalue weighted by Gasteiger charge is 2.32. The molecule has 0 unspecified atom stereocenters. The van der Waals surface area contributed by atoms with Crippen molar-refractivity contribution in [3.63, 3.8) is 0 Å². The molecule has 1 N–H and O–H groups in total. The molecule has 4 heteroatoms. The number of nitrogens with zero attached hydrogens (tertiary/aromatic N) is 2.